The Morgan fingerprint density at radius 1 is 1.18 bits per heavy atom. The molecule has 200 valence electrons. The number of carbonyl (C=O) groups is 1. The quantitative estimate of drug-likeness (QED) is 0.400. The second-order valence-electron chi connectivity index (χ2n) is 10.7. The molecule has 39 heavy (non-hydrogen) atoms. The second-order valence-corrected chi connectivity index (χ2v) is 10.7. The van der Waals surface area contributed by atoms with Crippen molar-refractivity contribution in [1.82, 2.24) is 19.9 Å². The highest BCUT2D eigenvalue weighted by Gasteiger charge is 2.27. The van der Waals surface area contributed by atoms with Gasteiger partial charge in [0.25, 0.3) is 5.91 Å². The van der Waals surface area contributed by atoms with Crippen molar-refractivity contribution >= 4 is 16.9 Å². The highest BCUT2D eigenvalue weighted by atomic mass is 19.1. The molecule has 0 spiro atoms. The predicted molar refractivity (Wildman–Crippen MR) is 143 cm³/mol. The molecule has 1 atom stereocenters. The molecule has 3 N–H and O–H groups in total. The van der Waals surface area contributed by atoms with Gasteiger partial charge in [-0.3, -0.25) is 4.79 Å². The predicted octanol–water partition coefficient (Wildman–Crippen LogP) is 4.17. The first kappa shape index (κ1) is 26.4. The van der Waals surface area contributed by atoms with Crippen LogP contribution in [0.15, 0.2) is 42.5 Å². The number of aromatic nitrogens is 3. The lowest BCUT2D eigenvalue weighted by atomic mass is 9.90. The Balaban J connectivity index is 1.69. The minimum atomic E-state index is -1.09. The van der Waals surface area contributed by atoms with Gasteiger partial charge in [-0.15, -0.1) is 5.10 Å². The number of nitrogens with zero attached hydrogens (tertiary/aromatic N) is 5. The molecule has 1 aromatic heterocycles. The number of nitriles is 1. The van der Waals surface area contributed by atoms with E-state index in [1.807, 2.05) is 0 Å². The summed E-state index contributed by atoms with van der Waals surface area (Å²) in [4.78, 5) is 14.9. The number of hydrogen-bond donors (Lipinski definition) is 2. The maximum atomic E-state index is 16.0. The van der Waals surface area contributed by atoms with E-state index in [-0.39, 0.29) is 29.6 Å². The zero-order valence-corrected chi connectivity index (χ0v) is 21.9. The number of aliphatic hydroxyl groups is 1. The second kappa shape index (κ2) is 9.84. The van der Waals surface area contributed by atoms with Gasteiger partial charge < -0.3 is 15.7 Å². The Morgan fingerprint density at radius 2 is 1.95 bits per heavy atom. The van der Waals surface area contributed by atoms with E-state index >= 15 is 4.39 Å². The van der Waals surface area contributed by atoms with Gasteiger partial charge in [-0.1, -0.05) is 17.3 Å². The summed E-state index contributed by atoms with van der Waals surface area (Å²) < 4.78 is 32.2. The molecule has 1 fully saturated rings. The van der Waals surface area contributed by atoms with E-state index in [1.165, 1.54) is 16.8 Å². The van der Waals surface area contributed by atoms with Gasteiger partial charge in [0.1, 0.15) is 23.2 Å². The van der Waals surface area contributed by atoms with Gasteiger partial charge in [0.15, 0.2) is 0 Å². The molecular weight excluding hydrogens is 502 g/mol. The van der Waals surface area contributed by atoms with Crippen molar-refractivity contribution in [2.45, 2.75) is 45.4 Å². The first-order chi connectivity index (χ1) is 18.5. The molecule has 1 aliphatic rings. The molecule has 2 heterocycles. The van der Waals surface area contributed by atoms with Crippen molar-refractivity contribution in [3.05, 3.63) is 70.8 Å². The summed E-state index contributed by atoms with van der Waals surface area (Å²) in [5.41, 5.74) is 7.76. The Morgan fingerprint density at radius 3 is 2.59 bits per heavy atom. The van der Waals surface area contributed by atoms with E-state index in [2.05, 4.69) is 10.3 Å². The number of amides is 1. The van der Waals surface area contributed by atoms with Gasteiger partial charge in [0, 0.05) is 35.8 Å². The van der Waals surface area contributed by atoms with Crippen molar-refractivity contribution in [2.75, 3.05) is 13.1 Å². The number of carbonyl (C=O) groups excluding carboxylic acids is 1. The van der Waals surface area contributed by atoms with Crippen molar-refractivity contribution < 1.29 is 18.7 Å². The molecule has 5 rings (SSSR count). The Bertz CT molecular complexity index is 1650. The normalized spacial score (nSPS) is 15.6. The van der Waals surface area contributed by atoms with Crippen LogP contribution in [0.25, 0.3) is 33.3 Å². The first-order valence-electron chi connectivity index (χ1n) is 12.6. The summed E-state index contributed by atoms with van der Waals surface area (Å²) in [6.07, 6.45) is 0.705. The number of benzene rings is 3. The zero-order valence-electron chi connectivity index (χ0n) is 21.9. The third kappa shape index (κ3) is 4.99. The van der Waals surface area contributed by atoms with Crippen molar-refractivity contribution in [2.24, 2.45) is 5.73 Å². The van der Waals surface area contributed by atoms with Crippen LogP contribution in [-0.4, -0.2) is 55.6 Å². The third-order valence-electron chi connectivity index (χ3n) is 6.97. The van der Waals surface area contributed by atoms with Crippen LogP contribution in [0.4, 0.5) is 8.78 Å². The molecule has 0 radical (unpaired) electrons. The molecule has 3 aromatic carbocycles. The Labute approximate surface area is 224 Å². The largest absolute Gasteiger partial charge is 0.389 e. The smallest absolute Gasteiger partial charge is 0.253 e. The van der Waals surface area contributed by atoms with Gasteiger partial charge in [0.05, 0.1) is 23.2 Å². The Hall–Kier alpha value is -4.20. The van der Waals surface area contributed by atoms with E-state index < -0.39 is 17.2 Å². The van der Waals surface area contributed by atoms with Gasteiger partial charge in [-0.05, 0) is 74.2 Å². The highest BCUT2D eigenvalue weighted by Crippen LogP contribution is 2.38. The summed E-state index contributed by atoms with van der Waals surface area (Å²) in [5.74, 6) is -1.46. The van der Waals surface area contributed by atoms with E-state index in [9.17, 15) is 19.6 Å². The summed E-state index contributed by atoms with van der Waals surface area (Å²) in [7, 11) is 0. The van der Waals surface area contributed by atoms with E-state index in [0.717, 1.165) is 0 Å². The third-order valence-corrected chi connectivity index (χ3v) is 6.97. The fourth-order valence-corrected chi connectivity index (χ4v) is 5.07. The molecule has 4 aromatic rings. The monoisotopic (exact) mass is 530 g/mol. The molecular formula is C29H28F2N6O2. The molecule has 8 nitrogen and oxygen atoms in total. The maximum absolute atomic E-state index is 16.0. The van der Waals surface area contributed by atoms with Crippen LogP contribution < -0.4 is 5.73 Å². The zero-order chi connectivity index (χ0) is 28.1. The fourth-order valence-electron chi connectivity index (χ4n) is 5.07. The van der Waals surface area contributed by atoms with Crippen LogP contribution in [0.2, 0.25) is 0 Å². The standard InChI is InChI=1S/C29H28F2N6O2/c1-16-26(31)23(12-25-27(16)37(35-34-25)15-29(2,3)39)21-7-6-18(28(38)36-9-8-20(33)14-36)10-22(21)17-4-5-19(13-32)24(30)11-17/h4-7,10-12,20,39H,8-9,14-15,33H2,1-3H3. The summed E-state index contributed by atoms with van der Waals surface area (Å²) in [6.45, 7) is 5.96. The summed E-state index contributed by atoms with van der Waals surface area (Å²) in [6, 6.07) is 12.3. The first-order valence-corrected chi connectivity index (χ1v) is 12.6. The van der Waals surface area contributed by atoms with Crippen LogP contribution >= 0.6 is 0 Å². The summed E-state index contributed by atoms with van der Waals surface area (Å²) in [5, 5.41) is 27.8. The van der Waals surface area contributed by atoms with Crippen molar-refractivity contribution in [3.8, 4) is 28.3 Å². The molecule has 0 bridgehead atoms. The maximum Gasteiger partial charge on any atom is 0.253 e. The fraction of sp³-hybridized carbons (Fsp3) is 0.310. The van der Waals surface area contributed by atoms with Gasteiger partial charge in [0.2, 0.25) is 0 Å². The molecule has 1 saturated heterocycles. The van der Waals surface area contributed by atoms with Crippen LogP contribution in [0.1, 0.15) is 41.8 Å². The minimum Gasteiger partial charge on any atom is -0.389 e. The molecule has 1 aliphatic heterocycles. The van der Waals surface area contributed by atoms with Crippen LogP contribution in [0.3, 0.4) is 0 Å². The number of rotatable bonds is 5. The molecule has 0 aliphatic carbocycles. The molecule has 0 saturated carbocycles. The van der Waals surface area contributed by atoms with E-state index in [0.29, 0.717) is 58.4 Å². The number of hydrogen-bond acceptors (Lipinski definition) is 6. The van der Waals surface area contributed by atoms with Gasteiger partial charge in [-0.2, -0.15) is 5.26 Å². The number of fused-ring (bicyclic) bond motifs is 1. The van der Waals surface area contributed by atoms with Crippen LogP contribution in [0, 0.1) is 29.9 Å². The van der Waals surface area contributed by atoms with E-state index in [1.54, 1.807) is 62.1 Å². The molecule has 1 unspecified atom stereocenters. The van der Waals surface area contributed by atoms with E-state index in [4.69, 9.17) is 5.73 Å². The number of likely N-dealkylation sites (tertiary alicyclic amines) is 1. The minimum absolute atomic E-state index is 0.0889. The molecule has 10 heteroatoms. The number of aryl methyl sites for hydroxylation is 1. The lowest BCUT2D eigenvalue weighted by Gasteiger charge is -2.19. The van der Waals surface area contributed by atoms with Gasteiger partial charge in [-0.25, -0.2) is 13.5 Å². The lowest BCUT2D eigenvalue weighted by Crippen LogP contribution is -2.31. The molecule has 1 amide bonds. The highest BCUT2D eigenvalue weighted by molar-refractivity contribution is 5.99. The van der Waals surface area contributed by atoms with Crippen LogP contribution in [-0.2, 0) is 6.54 Å². The van der Waals surface area contributed by atoms with Gasteiger partial charge >= 0.3 is 0 Å². The average molecular weight is 531 g/mol. The number of halogens is 2. The average Bonchev–Trinajstić information content (AvgIpc) is 3.50. The van der Waals surface area contributed by atoms with Crippen LogP contribution in [0.5, 0.6) is 0 Å². The lowest BCUT2D eigenvalue weighted by molar-refractivity contribution is 0.0584. The van der Waals surface area contributed by atoms with Crippen molar-refractivity contribution in [1.29, 1.82) is 5.26 Å². The summed E-state index contributed by atoms with van der Waals surface area (Å²) >= 11 is 0. The SMILES string of the molecule is Cc1c(F)c(-c2ccc(C(=O)N3CCC(N)C3)cc2-c2ccc(C#N)c(F)c2)cc2nnn(CC(C)(C)O)c12. The Kier molecular flexibility index (Phi) is 6.66. The van der Waals surface area contributed by atoms with Crippen molar-refractivity contribution in [3.63, 3.8) is 0 Å². The topological polar surface area (TPSA) is 121 Å². The number of nitrogens with two attached hydrogens (primary N) is 1.